The summed E-state index contributed by atoms with van der Waals surface area (Å²) in [6.45, 7) is 13.6. The molecule has 6 rings (SSSR count). The molecule has 0 saturated heterocycles. The largest absolute Gasteiger partial charge is 0.490 e. The Labute approximate surface area is 305 Å². The minimum atomic E-state index is -3.52. The van der Waals surface area contributed by atoms with E-state index in [1.54, 1.807) is 6.07 Å². The molecular weight excluding hydrogens is 688 g/mol. The molecule has 0 radical (unpaired) electrons. The van der Waals surface area contributed by atoms with Crippen LogP contribution in [0, 0.1) is 23.7 Å². The van der Waals surface area contributed by atoms with Crippen LogP contribution in [0.2, 0.25) is 23.2 Å². The lowest BCUT2D eigenvalue weighted by atomic mass is 9.68. The first-order valence-electron chi connectivity index (χ1n) is 18.2. The predicted octanol–water partition coefficient (Wildman–Crippen LogP) is 7.89. The maximum absolute atomic E-state index is 12.7. The molecule has 2 N–H and O–H groups in total. The maximum atomic E-state index is 12.7. The molecule has 0 amide bonds. The fourth-order valence-electron chi connectivity index (χ4n) is 8.29. The average molecular weight is 743 g/mol. The summed E-state index contributed by atoms with van der Waals surface area (Å²) in [7, 11) is -4.25. The summed E-state index contributed by atoms with van der Waals surface area (Å²) in [6, 6.07) is 11.9. The number of nitrogens with zero attached hydrogens (tertiary/aromatic N) is 1. The summed E-state index contributed by atoms with van der Waals surface area (Å²) in [5.41, 5.74) is 3.81. The van der Waals surface area contributed by atoms with E-state index in [1.165, 1.54) is 18.2 Å². The van der Waals surface area contributed by atoms with E-state index in [0.717, 1.165) is 74.5 Å². The van der Waals surface area contributed by atoms with Crippen LogP contribution in [-0.2, 0) is 31.0 Å². The van der Waals surface area contributed by atoms with Gasteiger partial charge in [0.1, 0.15) is 5.75 Å². The van der Waals surface area contributed by atoms with Gasteiger partial charge in [-0.3, -0.25) is 0 Å². The number of carbonyl (C=O) groups is 1. The van der Waals surface area contributed by atoms with Gasteiger partial charge in [-0.15, -0.1) is 0 Å². The molecule has 0 aromatic heterocycles. The van der Waals surface area contributed by atoms with E-state index in [9.17, 15) is 13.2 Å². The molecule has 6 atom stereocenters. The Balaban J connectivity index is 1.32. The second-order valence-electron chi connectivity index (χ2n) is 16.8. The van der Waals surface area contributed by atoms with Gasteiger partial charge in [0.15, 0.2) is 8.32 Å². The third kappa shape index (κ3) is 7.84. The van der Waals surface area contributed by atoms with E-state index in [1.807, 2.05) is 18.2 Å². The fourth-order valence-corrected chi connectivity index (χ4v) is 10.8. The summed E-state index contributed by atoms with van der Waals surface area (Å²) >= 11 is 6.48. The molecule has 1 spiro atoms. The van der Waals surface area contributed by atoms with E-state index in [4.69, 9.17) is 30.6 Å². The monoisotopic (exact) mass is 742 g/mol. The second kappa shape index (κ2) is 14.2. The second-order valence-corrected chi connectivity index (χ2v) is 23.7. The lowest BCUT2D eigenvalue weighted by Gasteiger charge is -2.48. The van der Waals surface area contributed by atoms with Crippen molar-refractivity contribution < 1.29 is 27.1 Å². The molecule has 3 aliphatic carbocycles. The van der Waals surface area contributed by atoms with Gasteiger partial charge in [-0.2, -0.15) is 0 Å². The van der Waals surface area contributed by atoms with Crippen molar-refractivity contribution in [2.45, 2.75) is 95.4 Å². The Bertz CT molecular complexity index is 1730. The average Bonchev–Trinajstić information content (AvgIpc) is 3.16. The Morgan fingerprint density at radius 1 is 1.14 bits per heavy atom. The number of nitrogens with two attached hydrogens (primary N) is 1. The van der Waals surface area contributed by atoms with Gasteiger partial charge >= 0.3 is 5.97 Å². The predicted molar refractivity (Wildman–Crippen MR) is 203 cm³/mol. The van der Waals surface area contributed by atoms with Gasteiger partial charge in [-0.1, -0.05) is 50.6 Å². The van der Waals surface area contributed by atoms with Gasteiger partial charge in [0.25, 0.3) is 0 Å². The summed E-state index contributed by atoms with van der Waals surface area (Å²) in [5.74, 6) is 1.37. The fraction of sp³-hybridized carbons (Fsp3) is 0.615. The van der Waals surface area contributed by atoms with Crippen molar-refractivity contribution in [1.82, 2.24) is 0 Å². The molecule has 4 aliphatic rings. The highest BCUT2D eigenvalue weighted by atomic mass is 35.5. The topological polar surface area (TPSA) is 108 Å². The molecule has 274 valence electrons. The number of halogens is 1. The van der Waals surface area contributed by atoms with Gasteiger partial charge in [0.2, 0.25) is 10.0 Å². The highest BCUT2D eigenvalue weighted by Gasteiger charge is 2.47. The van der Waals surface area contributed by atoms with Crippen molar-refractivity contribution in [1.29, 1.82) is 0 Å². The van der Waals surface area contributed by atoms with E-state index < -0.39 is 18.3 Å². The summed E-state index contributed by atoms with van der Waals surface area (Å²) in [5, 5.41) is 6.23. The van der Waals surface area contributed by atoms with Gasteiger partial charge in [0, 0.05) is 23.5 Å². The summed E-state index contributed by atoms with van der Waals surface area (Å²) in [6.07, 6.45) is 11.5. The van der Waals surface area contributed by atoms with Gasteiger partial charge in [-0.25, -0.2) is 18.4 Å². The molecular formula is C39H55ClN2O6SSi. The summed E-state index contributed by atoms with van der Waals surface area (Å²) < 4.78 is 42.7. The molecule has 1 aliphatic heterocycles. The van der Waals surface area contributed by atoms with Crippen molar-refractivity contribution in [2.24, 2.45) is 28.8 Å². The van der Waals surface area contributed by atoms with Crippen LogP contribution >= 0.6 is 11.6 Å². The van der Waals surface area contributed by atoms with Gasteiger partial charge in [0.05, 0.1) is 36.8 Å². The zero-order chi connectivity index (χ0) is 36.1. The van der Waals surface area contributed by atoms with Crippen LogP contribution in [0.1, 0.15) is 80.8 Å². The molecule has 2 saturated carbocycles. The maximum Gasteiger partial charge on any atom is 0.337 e. The number of allylic oxidation sites excluding steroid dienone is 1. The molecule has 2 aromatic rings. The molecule has 1 heterocycles. The number of esters is 1. The van der Waals surface area contributed by atoms with Crippen LogP contribution in [-0.4, -0.2) is 61.4 Å². The molecule has 8 nitrogen and oxygen atoms in total. The SMILES string of the molecule is COC(=O)c1ccc2c(c1)N(C[C@@H]1CC[C@H]1C(/C=C\[C@@H]1CC[C@H]1CS(N)(=O)=O)O[Si](C)(C)C(C)(C)C)C[C@@]1(CCCc3cc(Cl)ccc31)CO2. The minimum Gasteiger partial charge on any atom is -0.490 e. The van der Waals surface area contributed by atoms with Crippen LogP contribution in [0.3, 0.4) is 0 Å². The lowest BCUT2D eigenvalue weighted by Crippen LogP contribution is -2.52. The Morgan fingerprint density at radius 2 is 1.90 bits per heavy atom. The lowest BCUT2D eigenvalue weighted by molar-refractivity contribution is 0.0519. The Morgan fingerprint density at radius 3 is 2.54 bits per heavy atom. The van der Waals surface area contributed by atoms with Gasteiger partial charge in [-0.05, 0) is 128 Å². The highest BCUT2D eigenvalue weighted by molar-refractivity contribution is 7.89. The molecule has 0 bridgehead atoms. The normalized spacial score (nSPS) is 27.4. The van der Waals surface area contributed by atoms with Crippen molar-refractivity contribution in [3.05, 3.63) is 70.3 Å². The first kappa shape index (κ1) is 37.4. The van der Waals surface area contributed by atoms with Crippen LogP contribution in [0.25, 0.3) is 0 Å². The first-order valence-corrected chi connectivity index (χ1v) is 23.2. The van der Waals surface area contributed by atoms with E-state index >= 15 is 0 Å². The number of methoxy groups -OCH3 is 1. The third-order valence-electron chi connectivity index (χ3n) is 12.5. The number of fused-ring (bicyclic) bond motifs is 3. The molecule has 50 heavy (non-hydrogen) atoms. The number of hydrogen-bond acceptors (Lipinski definition) is 7. The first-order chi connectivity index (χ1) is 23.5. The van der Waals surface area contributed by atoms with Crippen molar-refractivity contribution in [3.8, 4) is 5.75 Å². The number of primary sulfonamides is 1. The third-order valence-corrected chi connectivity index (χ3v) is 18.1. The van der Waals surface area contributed by atoms with Crippen LogP contribution in [0.5, 0.6) is 5.75 Å². The number of sulfonamides is 1. The standard InChI is InChI=1S/C39H55ClN2O6SSi/c1-38(2,3)50(5,6)48-35(17-12-26-9-10-30(26)23-49(41,44)45)32-15-11-29(32)22-42-24-39(19-7-8-27-20-31(40)14-16-33(27)39)25-47-36-18-13-28(21-34(36)42)37(43)46-4/h12-14,16-18,20-21,26,29-30,32,35H,7-11,15,19,22-25H2,1-6H3,(H2,41,44,45)/b17-12-/t26-,29-,30-,32+,35?,39-/m0/s1. The number of benzene rings is 2. The zero-order valence-electron chi connectivity index (χ0n) is 30.5. The molecule has 1 unspecified atom stereocenters. The van der Waals surface area contributed by atoms with E-state index in [0.29, 0.717) is 24.0 Å². The van der Waals surface area contributed by atoms with Crippen molar-refractivity contribution >= 4 is 41.6 Å². The van der Waals surface area contributed by atoms with Crippen molar-refractivity contribution in [3.63, 3.8) is 0 Å². The zero-order valence-corrected chi connectivity index (χ0v) is 33.1. The quantitative estimate of drug-likeness (QED) is 0.150. The van der Waals surface area contributed by atoms with Crippen LogP contribution < -0.4 is 14.8 Å². The number of rotatable bonds is 10. The smallest absolute Gasteiger partial charge is 0.337 e. The highest BCUT2D eigenvalue weighted by Crippen LogP contribution is 2.48. The number of hydrogen-bond donors (Lipinski definition) is 1. The minimum absolute atomic E-state index is 0.0307. The van der Waals surface area contributed by atoms with Crippen molar-refractivity contribution in [2.75, 3.05) is 37.5 Å². The van der Waals surface area contributed by atoms with Crippen LogP contribution in [0.15, 0.2) is 48.6 Å². The van der Waals surface area contributed by atoms with Gasteiger partial charge < -0.3 is 18.8 Å². The number of ether oxygens (including phenoxy) is 2. The number of aryl methyl sites for hydroxylation is 1. The number of carbonyl (C=O) groups excluding carboxylic acids is 1. The number of anilines is 1. The molecule has 2 aromatic carbocycles. The molecule has 2 fully saturated rings. The molecule has 11 heteroatoms. The Hall–Kier alpha value is -2.37. The van der Waals surface area contributed by atoms with E-state index in [2.05, 4.69) is 63.0 Å². The Kier molecular flexibility index (Phi) is 10.6. The van der Waals surface area contributed by atoms with Crippen LogP contribution in [0.4, 0.5) is 5.69 Å². The van der Waals surface area contributed by atoms with E-state index in [-0.39, 0.29) is 40.1 Å². The summed E-state index contributed by atoms with van der Waals surface area (Å²) in [4.78, 5) is 15.2.